The van der Waals surface area contributed by atoms with Crippen molar-refractivity contribution < 1.29 is 9.47 Å². The van der Waals surface area contributed by atoms with Crippen LogP contribution in [0.15, 0.2) is 36.7 Å². The molecule has 4 heterocycles. The van der Waals surface area contributed by atoms with E-state index >= 15 is 0 Å². The van der Waals surface area contributed by atoms with Crippen LogP contribution < -0.4 is 9.80 Å². The Balaban J connectivity index is 1.57. The molecule has 0 radical (unpaired) electrons. The number of nitrogens with zero attached hydrogens (tertiary/aromatic N) is 4. The van der Waals surface area contributed by atoms with Gasteiger partial charge in [0, 0.05) is 43.5 Å². The number of rotatable bonds is 3. The average Bonchev–Trinajstić information content (AvgIpc) is 3.22. The number of ether oxygens (including phenoxy) is 2. The van der Waals surface area contributed by atoms with Crippen LogP contribution in [0.25, 0.3) is 22.3 Å². The minimum absolute atomic E-state index is 0.749. The number of hydrogen-bond donors (Lipinski definition) is 1. The van der Waals surface area contributed by atoms with Crippen LogP contribution in [0.1, 0.15) is 0 Å². The Morgan fingerprint density at radius 3 is 2.37 bits per heavy atom. The molecule has 0 aliphatic carbocycles. The van der Waals surface area contributed by atoms with Crippen LogP contribution in [0, 0.1) is 0 Å². The predicted octanol–water partition coefficient (Wildman–Crippen LogP) is 2.30. The summed E-state index contributed by atoms with van der Waals surface area (Å²) >= 11 is 0. The number of H-pyrrole nitrogens is 1. The number of nitrogens with one attached hydrogen (secondary N) is 1. The molecule has 2 aliphatic heterocycles. The van der Waals surface area contributed by atoms with E-state index in [1.807, 2.05) is 6.07 Å². The molecule has 1 aromatic carbocycles. The molecule has 0 spiro atoms. The second-order valence-electron chi connectivity index (χ2n) is 6.90. The van der Waals surface area contributed by atoms with Crippen molar-refractivity contribution >= 4 is 22.5 Å². The summed E-state index contributed by atoms with van der Waals surface area (Å²) in [4.78, 5) is 17.2. The van der Waals surface area contributed by atoms with Crippen molar-refractivity contribution in [3.8, 4) is 11.3 Å². The summed E-state index contributed by atoms with van der Waals surface area (Å²) in [6, 6.07) is 10.6. The number of benzene rings is 1. The molecule has 2 aromatic heterocycles. The third-order valence-electron chi connectivity index (χ3n) is 5.22. The molecule has 1 N–H and O–H groups in total. The molecule has 0 amide bonds. The van der Waals surface area contributed by atoms with E-state index < -0.39 is 0 Å². The van der Waals surface area contributed by atoms with Crippen LogP contribution in [0.4, 0.5) is 11.5 Å². The van der Waals surface area contributed by atoms with E-state index in [0.717, 1.165) is 80.7 Å². The first kappa shape index (κ1) is 16.5. The molecule has 0 bridgehead atoms. The van der Waals surface area contributed by atoms with Gasteiger partial charge >= 0.3 is 0 Å². The number of fused-ring (bicyclic) bond motifs is 1. The van der Waals surface area contributed by atoms with Crippen molar-refractivity contribution in [3.05, 3.63) is 36.7 Å². The van der Waals surface area contributed by atoms with Gasteiger partial charge in [-0.1, -0.05) is 6.07 Å². The largest absolute Gasteiger partial charge is 0.378 e. The smallest absolute Gasteiger partial charge is 0.131 e. The normalized spacial score (nSPS) is 18.2. The highest BCUT2D eigenvalue weighted by Crippen LogP contribution is 2.30. The Bertz CT molecular complexity index is 893. The average molecular weight is 365 g/mol. The minimum atomic E-state index is 0.749. The lowest BCUT2D eigenvalue weighted by atomic mass is 10.1. The summed E-state index contributed by atoms with van der Waals surface area (Å²) in [6.07, 6.45) is 1.73. The second kappa shape index (κ2) is 7.17. The quantitative estimate of drug-likeness (QED) is 0.768. The molecule has 7 heteroatoms. The standard InChI is InChI=1S/C20H23N5O2/c1-2-17-19(22-14-21-17)11-15(1)18-12-16(24-3-7-26-8-4-24)13-20(23-18)25-5-9-27-10-6-25/h1-2,11-14H,3-10H2,(H,21,22). The van der Waals surface area contributed by atoms with Crippen molar-refractivity contribution in [1.82, 2.24) is 15.0 Å². The zero-order valence-electron chi connectivity index (χ0n) is 15.2. The fourth-order valence-corrected chi connectivity index (χ4v) is 3.70. The van der Waals surface area contributed by atoms with Gasteiger partial charge in [-0.2, -0.15) is 0 Å². The second-order valence-corrected chi connectivity index (χ2v) is 6.90. The molecule has 2 aliphatic rings. The number of pyridine rings is 1. The van der Waals surface area contributed by atoms with Crippen molar-refractivity contribution in [2.75, 3.05) is 62.4 Å². The van der Waals surface area contributed by atoms with Crippen molar-refractivity contribution in [2.24, 2.45) is 0 Å². The predicted molar refractivity (Wildman–Crippen MR) is 105 cm³/mol. The molecular weight excluding hydrogens is 342 g/mol. The van der Waals surface area contributed by atoms with E-state index in [0.29, 0.717) is 0 Å². The minimum Gasteiger partial charge on any atom is -0.378 e. The molecule has 0 unspecified atom stereocenters. The SMILES string of the molecule is c1nc2ccc(-c3cc(N4CCOCC4)cc(N4CCOCC4)n3)cc2[nH]1. The Kier molecular flexibility index (Phi) is 4.39. The fourth-order valence-electron chi connectivity index (χ4n) is 3.70. The van der Waals surface area contributed by atoms with Gasteiger partial charge in [-0.15, -0.1) is 0 Å². The van der Waals surface area contributed by atoms with Crippen LogP contribution in [0.3, 0.4) is 0 Å². The summed E-state index contributed by atoms with van der Waals surface area (Å²) < 4.78 is 11.0. The zero-order valence-corrected chi connectivity index (χ0v) is 15.2. The lowest BCUT2D eigenvalue weighted by Crippen LogP contribution is -2.38. The molecule has 3 aromatic rings. The van der Waals surface area contributed by atoms with Gasteiger partial charge in [-0.05, 0) is 18.2 Å². The van der Waals surface area contributed by atoms with Crippen LogP contribution in [-0.2, 0) is 9.47 Å². The monoisotopic (exact) mass is 365 g/mol. The molecule has 2 saturated heterocycles. The maximum Gasteiger partial charge on any atom is 0.131 e. The van der Waals surface area contributed by atoms with Gasteiger partial charge < -0.3 is 24.3 Å². The van der Waals surface area contributed by atoms with Crippen molar-refractivity contribution in [3.63, 3.8) is 0 Å². The van der Waals surface area contributed by atoms with Crippen LogP contribution >= 0.6 is 0 Å². The van der Waals surface area contributed by atoms with Gasteiger partial charge in [-0.3, -0.25) is 0 Å². The number of hydrogen-bond acceptors (Lipinski definition) is 6. The molecule has 0 atom stereocenters. The van der Waals surface area contributed by atoms with Crippen LogP contribution in [0.2, 0.25) is 0 Å². The topological polar surface area (TPSA) is 66.5 Å². The number of morpholine rings is 2. The molecular formula is C20H23N5O2. The van der Waals surface area contributed by atoms with E-state index in [2.05, 4.69) is 44.0 Å². The molecule has 140 valence electrons. The van der Waals surface area contributed by atoms with Gasteiger partial charge in [0.1, 0.15) is 5.82 Å². The van der Waals surface area contributed by atoms with Gasteiger partial charge in [-0.25, -0.2) is 9.97 Å². The molecule has 5 rings (SSSR count). The van der Waals surface area contributed by atoms with E-state index in [1.54, 1.807) is 6.33 Å². The van der Waals surface area contributed by atoms with Crippen molar-refractivity contribution in [2.45, 2.75) is 0 Å². The maximum atomic E-state index is 5.53. The van der Waals surface area contributed by atoms with Gasteiger partial charge in [0.15, 0.2) is 0 Å². The summed E-state index contributed by atoms with van der Waals surface area (Å²) in [5, 5.41) is 0. The fraction of sp³-hybridized carbons (Fsp3) is 0.400. The Morgan fingerprint density at radius 1 is 0.852 bits per heavy atom. The van der Waals surface area contributed by atoms with Crippen molar-refractivity contribution in [1.29, 1.82) is 0 Å². The number of aromatic amines is 1. The molecule has 27 heavy (non-hydrogen) atoms. The van der Waals surface area contributed by atoms with Gasteiger partial charge in [0.2, 0.25) is 0 Å². The van der Waals surface area contributed by atoms with E-state index in [-0.39, 0.29) is 0 Å². The van der Waals surface area contributed by atoms with E-state index in [9.17, 15) is 0 Å². The lowest BCUT2D eigenvalue weighted by Gasteiger charge is -2.32. The molecule has 2 fully saturated rings. The first-order valence-electron chi connectivity index (χ1n) is 9.48. The van der Waals surface area contributed by atoms with Crippen LogP contribution in [-0.4, -0.2) is 67.6 Å². The Morgan fingerprint density at radius 2 is 1.59 bits per heavy atom. The third kappa shape index (κ3) is 3.36. The third-order valence-corrected chi connectivity index (χ3v) is 5.22. The molecule has 0 saturated carbocycles. The number of aromatic nitrogens is 3. The molecule has 7 nitrogen and oxygen atoms in total. The number of anilines is 2. The summed E-state index contributed by atoms with van der Waals surface area (Å²) in [5.41, 5.74) is 5.28. The van der Waals surface area contributed by atoms with E-state index in [1.165, 1.54) is 5.69 Å². The first-order valence-corrected chi connectivity index (χ1v) is 9.48. The van der Waals surface area contributed by atoms with E-state index in [4.69, 9.17) is 14.5 Å². The number of imidazole rings is 1. The zero-order chi connectivity index (χ0) is 18.1. The highest BCUT2D eigenvalue weighted by molar-refractivity contribution is 5.81. The first-order chi connectivity index (χ1) is 13.4. The summed E-state index contributed by atoms with van der Waals surface area (Å²) in [6.45, 7) is 6.60. The lowest BCUT2D eigenvalue weighted by molar-refractivity contribution is 0.122. The van der Waals surface area contributed by atoms with Gasteiger partial charge in [0.25, 0.3) is 0 Å². The Labute approximate surface area is 157 Å². The Hall–Kier alpha value is -2.64. The van der Waals surface area contributed by atoms with Crippen LogP contribution in [0.5, 0.6) is 0 Å². The summed E-state index contributed by atoms with van der Waals surface area (Å²) in [7, 11) is 0. The maximum absolute atomic E-state index is 5.53. The highest BCUT2D eigenvalue weighted by Gasteiger charge is 2.18. The van der Waals surface area contributed by atoms with Gasteiger partial charge in [0.05, 0.1) is 49.5 Å². The summed E-state index contributed by atoms with van der Waals surface area (Å²) in [5.74, 6) is 1.02. The highest BCUT2D eigenvalue weighted by atomic mass is 16.5.